The van der Waals surface area contributed by atoms with Gasteiger partial charge in [-0.1, -0.05) is 0 Å². The van der Waals surface area contributed by atoms with Gasteiger partial charge in [-0.05, 0) is 19.1 Å². The first-order chi connectivity index (χ1) is 7.56. The molecule has 16 heavy (non-hydrogen) atoms. The van der Waals surface area contributed by atoms with Gasteiger partial charge in [0.25, 0.3) is 0 Å². The van der Waals surface area contributed by atoms with Crippen molar-refractivity contribution in [2.24, 2.45) is 0 Å². The Bertz CT molecular complexity index is 442. The molecule has 0 aromatic carbocycles. The Morgan fingerprint density at radius 2 is 1.94 bits per heavy atom. The summed E-state index contributed by atoms with van der Waals surface area (Å²) in [6.07, 6.45) is 0. The Labute approximate surface area is 92.4 Å². The summed E-state index contributed by atoms with van der Waals surface area (Å²) in [6, 6.07) is 3.50. The van der Waals surface area contributed by atoms with E-state index < -0.39 is 0 Å². The van der Waals surface area contributed by atoms with Crippen LogP contribution in [0.4, 0.5) is 11.5 Å². The number of nitrogens with zero attached hydrogens (tertiary/aromatic N) is 2. The lowest BCUT2D eigenvalue weighted by Crippen LogP contribution is -2.52. The van der Waals surface area contributed by atoms with Gasteiger partial charge in [0.2, 0.25) is 11.8 Å². The van der Waals surface area contributed by atoms with Crippen molar-refractivity contribution < 1.29 is 9.59 Å². The van der Waals surface area contributed by atoms with Gasteiger partial charge in [0.05, 0.1) is 18.8 Å². The third-order valence-electron chi connectivity index (χ3n) is 2.29. The summed E-state index contributed by atoms with van der Waals surface area (Å²) in [7, 11) is 0. The quantitative estimate of drug-likeness (QED) is 0.619. The molecule has 0 unspecified atom stereocenters. The molecule has 1 fully saturated rings. The maximum atomic E-state index is 11.2. The minimum absolute atomic E-state index is 0.104. The van der Waals surface area contributed by atoms with Gasteiger partial charge in [-0.15, -0.1) is 0 Å². The molecule has 1 saturated heterocycles. The van der Waals surface area contributed by atoms with Gasteiger partial charge in [-0.3, -0.25) is 14.9 Å². The zero-order chi connectivity index (χ0) is 11.7. The monoisotopic (exact) mass is 220 g/mol. The summed E-state index contributed by atoms with van der Waals surface area (Å²) in [5.74, 6) is -0.180. The van der Waals surface area contributed by atoms with Crippen LogP contribution in [0.3, 0.4) is 0 Å². The van der Waals surface area contributed by atoms with E-state index in [0.29, 0.717) is 11.5 Å². The standard InChI is InChI=1S/C10H12N4O2/c1-6-2-3-7(11)10(12-6)14-4-8(15)13-9(16)5-14/h2-3H,4-5,11H2,1H3,(H,13,15,16). The zero-order valence-corrected chi connectivity index (χ0v) is 8.86. The van der Waals surface area contributed by atoms with Crippen LogP contribution in [0.2, 0.25) is 0 Å². The fourth-order valence-corrected chi connectivity index (χ4v) is 1.59. The number of anilines is 2. The highest BCUT2D eigenvalue weighted by Crippen LogP contribution is 2.21. The van der Waals surface area contributed by atoms with Crippen LogP contribution in [0.15, 0.2) is 12.1 Å². The van der Waals surface area contributed by atoms with E-state index in [0.717, 1.165) is 5.69 Å². The molecule has 6 heteroatoms. The zero-order valence-electron chi connectivity index (χ0n) is 8.86. The summed E-state index contributed by atoms with van der Waals surface area (Å²) in [5.41, 5.74) is 7.02. The minimum Gasteiger partial charge on any atom is -0.396 e. The fourth-order valence-electron chi connectivity index (χ4n) is 1.59. The van der Waals surface area contributed by atoms with Gasteiger partial charge in [0, 0.05) is 5.69 Å². The molecule has 2 rings (SSSR count). The van der Waals surface area contributed by atoms with Crippen molar-refractivity contribution in [3.8, 4) is 0 Å². The van der Waals surface area contributed by atoms with Crippen molar-refractivity contribution in [3.63, 3.8) is 0 Å². The van der Waals surface area contributed by atoms with Gasteiger partial charge in [-0.25, -0.2) is 4.98 Å². The van der Waals surface area contributed by atoms with Crippen molar-refractivity contribution >= 4 is 23.3 Å². The number of aromatic nitrogens is 1. The number of carbonyl (C=O) groups excluding carboxylic acids is 2. The normalized spacial score (nSPS) is 16.2. The van der Waals surface area contributed by atoms with Crippen LogP contribution in [-0.4, -0.2) is 29.9 Å². The van der Waals surface area contributed by atoms with Crippen molar-refractivity contribution in [1.29, 1.82) is 0 Å². The number of amides is 2. The number of nitrogens with two attached hydrogens (primary N) is 1. The van der Waals surface area contributed by atoms with Gasteiger partial charge >= 0.3 is 0 Å². The van der Waals surface area contributed by atoms with E-state index in [9.17, 15) is 9.59 Å². The average molecular weight is 220 g/mol. The molecule has 0 radical (unpaired) electrons. The highest BCUT2D eigenvalue weighted by molar-refractivity contribution is 6.02. The number of rotatable bonds is 1. The Balaban J connectivity index is 2.32. The van der Waals surface area contributed by atoms with Crippen LogP contribution < -0.4 is 16.0 Å². The maximum Gasteiger partial charge on any atom is 0.246 e. The maximum absolute atomic E-state index is 11.2. The number of hydrogen-bond donors (Lipinski definition) is 2. The van der Waals surface area contributed by atoms with Crippen molar-refractivity contribution in [1.82, 2.24) is 10.3 Å². The molecule has 0 bridgehead atoms. The van der Waals surface area contributed by atoms with Gasteiger partial charge in [0.1, 0.15) is 0 Å². The number of carbonyl (C=O) groups is 2. The second kappa shape index (κ2) is 3.80. The fraction of sp³-hybridized carbons (Fsp3) is 0.300. The van der Waals surface area contributed by atoms with E-state index in [4.69, 9.17) is 5.73 Å². The third kappa shape index (κ3) is 1.95. The molecule has 0 aliphatic carbocycles. The van der Waals surface area contributed by atoms with Gasteiger partial charge < -0.3 is 10.6 Å². The molecule has 1 aliphatic rings. The molecule has 2 heterocycles. The Hall–Kier alpha value is -2.11. The van der Waals surface area contributed by atoms with E-state index in [1.807, 2.05) is 6.92 Å². The third-order valence-corrected chi connectivity index (χ3v) is 2.29. The number of imide groups is 1. The van der Waals surface area contributed by atoms with E-state index >= 15 is 0 Å². The Morgan fingerprint density at radius 3 is 2.56 bits per heavy atom. The molecule has 0 atom stereocenters. The summed E-state index contributed by atoms with van der Waals surface area (Å²) < 4.78 is 0. The molecular weight excluding hydrogens is 208 g/mol. The SMILES string of the molecule is Cc1ccc(N)c(N2CC(=O)NC(=O)C2)n1. The largest absolute Gasteiger partial charge is 0.396 e. The first-order valence-corrected chi connectivity index (χ1v) is 4.87. The second-order valence-electron chi connectivity index (χ2n) is 3.69. The summed E-state index contributed by atoms with van der Waals surface area (Å²) in [4.78, 5) is 28.2. The Kier molecular flexibility index (Phi) is 2.47. The van der Waals surface area contributed by atoms with Crippen LogP contribution in [0.25, 0.3) is 0 Å². The minimum atomic E-state index is -0.334. The number of hydrogen-bond acceptors (Lipinski definition) is 5. The predicted molar refractivity (Wildman–Crippen MR) is 58.7 cm³/mol. The second-order valence-corrected chi connectivity index (χ2v) is 3.69. The smallest absolute Gasteiger partial charge is 0.246 e. The summed E-state index contributed by atoms with van der Waals surface area (Å²) >= 11 is 0. The van der Waals surface area contributed by atoms with Crippen LogP contribution in [-0.2, 0) is 9.59 Å². The average Bonchev–Trinajstić information content (AvgIpc) is 2.20. The van der Waals surface area contributed by atoms with Crippen molar-refractivity contribution in [2.75, 3.05) is 23.7 Å². The van der Waals surface area contributed by atoms with Gasteiger partial charge in [-0.2, -0.15) is 0 Å². The van der Waals surface area contributed by atoms with Crippen molar-refractivity contribution in [2.45, 2.75) is 6.92 Å². The number of aryl methyl sites for hydroxylation is 1. The topological polar surface area (TPSA) is 88.3 Å². The lowest BCUT2D eigenvalue weighted by molar-refractivity contribution is -0.130. The Morgan fingerprint density at radius 1 is 1.31 bits per heavy atom. The highest BCUT2D eigenvalue weighted by atomic mass is 16.2. The lowest BCUT2D eigenvalue weighted by Gasteiger charge is -2.27. The van der Waals surface area contributed by atoms with E-state index in [2.05, 4.69) is 10.3 Å². The number of piperazine rings is 1. The van der Waals surface area contributed by atoms with Crippen LogP contribution >= 0.6 is 0 Å². The predicted octanol–water partition coefficient (Wildman–Crippen LogP) is -0.565. The van der Waals surface area contributed by atoms with Crippen LogP contribution in [0, 0.1) is 6.92 Å². The van der Waals surface area contributed by atoms with E-state index in [-0.39, 0.29) is 24.9 Å². The number of nitrogens with one attached hydrogen (secondary N) is 1. The molecule has 6 nitrogen and oxygen atoms in total. The molecule has 2 amide bonds. The summed E-state index contributed by atoms with van der Waals surface area (Å²) in [5, 5.41) is 2.22. The van der Waals surface area contributed by atoms with Crippen LogP contribution in [0.5, 0.6) is 0 Å². The van der Waals surface area contributed by atoms with E-state index in [1.54, 1.807) is 17.0 Å². The molecule has 1 aromatic rings. The molecule has 1 aromatic heterocycles. The molecule has 84 valence electrons. The van der Waals surface area contributed by atoms with Crippen molar-refractivity contribution in [3.05, 3.63) is 17.8 Å². The molecule has 0 saturated carbocycles. The molecular formula is C10H12N4O2. The first-order valence-electron chi connectivity index (χ1n) is 4.87. The van der Waals surface area contributed by atoms with Crippen LogP contribution in [0.1, 0.15) is 5.69 Å². The number of pyridine rings is 1. The summed E-state index contributed by atoms with van der Waals surface area (Å²) in [6.45, 7) is 2.04. The van der Waals surface area contributed by atoms with E-state index in [1.165, 1.54) is 0 Å². The molecule has 3 N–H and O–H groups in total. The lowest BCUT2D eigenvalue weighted by atomic mass is 10.3. The molecule has 0 spiro atoms. The highest BCUT2D eigenvalue weighted by Gasteiger charge is 2.24. The van der Waals surface area contributed by atoms with Gasteiger partial charge in [0.15, 0.2) is 5.82 Å². The first kappa shape index (κ1) is 10.4. The molecule has 1 aliphatic heterocycles. The number of nitrogen functional groups attached to an aromatic ring is 1.